The molecule has 5 aromatic heterocycles. The summed E-state index contributed by atoms with van der Waals surface area (Å²) in [5.41, 5.74) is 4.32. The van der Waals surface area contributed by atoms with E-state index in [4.69, 9.17) is 0 Å². The Morgan fingerprint density at radius 3 is 0.927 bits per heavy atom. The molecule has 55 heavy (non-hydrogen) atoms. The fraction of sp³-hybridized carbons (Fsp3) is 0.543. The number of aromatic nitrogens is 9. The Hall–Kier alpha value is -4.53. The zero-order chi connectivity index (χ0) is 43.5. The zero-order valence-corrected chi connectivity index (χ0v) is 38.6. The summed E-state index contributed by atoms with van der Waals surface area (Å²) >= 11 is 0. The average molecular weight is 760 g/mol. The summed E-state index contributed by atoms with van der Waals surface area (Å²) in [4.78, 5) is 28.4. The molecule has 9 heteroatoms. The first-order valence-corrected chi connectivity index (χ1v) is 20.5. The van der Waals surface area contributed by atoms with Crippen LogP contribution in [0.5, 0.6) is 0 Å². The van der Waals surface area contributed by atoms with E-state index < -0.39 is 0 Å². The van der Waals surface area contributed by atoms with Crippen LogP contribution >= 0.6 is 0 Å². The molecule has 5 rings (SSSR count). The van der Waals surface area contributed by atoms with Crippen LogP contribution in [0.4, 0.5) is 0 Å². The van der Waals surface area contributed by atoms with Gasteiger partial charge in [-0.05, 0) is 54.0 Å². The molecule has 0 spiro atoms. The van der Waals surface area contributed by atoms with Gasteiger partial charge in [-0.2, -0.15) is 10.2 Å². The van der Waals surface area contributed by atoms with Gasteiger partial charge in [0.2, 0.25) is 0 Å². The summed E-state index contributed by atoms with van der Waals surface area (Å²) < 4.78 is 0. The fourth-order valence-electron chi connectivity index (χ4n) is 3.17. The maximum Gasteiger partial charge on any atom is 0.130 e. The molecule has 310 valence electrons. The largest absolute Gasteiger partial charge is 0.261 e. The van der Waals surface area contributed by atoms with Gasteiger partial charge in [0.25, 0.3) is 0 Å². The van der Waals surface area contributed by atoms with Gasteiger partial charge in [-0.15, -0.1) is 0 Å². The summed E-state index contributed by atoms with van der Waals surface area (Å²) in [6.45, 7) is 41.0. The second kappa shape index (κ2) is 45.6. The van der Waals surface area contributed by atoms with Crippen molar-refractivity contribution in [3.63, 3.8) is 0 Å². The lowest BCUT2D eigenvalue weighted by Crippen LogP contribution is -1.93. The molecule has 0 amide bonds. The van der Waals surface area contributed by atoms with Crippen LogP contribution in [-0.4, -0.2) is 45.1 Å². The van der Waals surface area contributed by atoms with Crippen molar-refractivity contribution in [2.75, 3.05) is 0 Å². The first kappa shape index (κ1) is 59.7. The molecule has 0 aliphatic heterocycles. The summed E-state index contributed by atoms with van der Waals surface area (Å²) in [5, 5.41) is 7.68. The Morgan fingerprint density at radius 2 is 0.709 bits per heavy atom. The normalized spacial score (nSPS) is 8.82. The van der Waals surface area contributed by atoms with Crippen molar-refractivity contribution >= 4 is 0 Å². The Morgan fingerprint density at radius 1 is 0.327 bits per heavy atom. The van der Waals surface area contributed by atoms with Gasteiger partial charge < -0.3 is 0 Å². The number of hydrogen-bond acceptors (Lipinski definition) is 9. The first-order valence-electron chi connectivity index (χ1n) is 20.5. The van der Waals surface area contributed by atoms with Crippen molar-refractivity contribution in [2.45, 2.75) is 168 Å². The van der Waals surface area contributed by atoms with Crippen molar-refractivity contribution in [3.8, 4) is 0 Å². The quantitative estimate of drug-likeness (QED) is 0.173. The molecular weight excluding hydrogens is 679 g/mol. The van der Waals surface area contributed by atoms with Gasteiger partial charge in [-0.25, -0.2) is 9.97 Å². The predicted molar refractivity (Wildman–Crippen MR) is 240 cm³/mol. The maximum atomic E-state index is 4.18. The molecule has 0 N–H and O–H groups in total. The van der Waals surface area contributed by atoms with E-state index in [-0.39, 0.29) is 0 Å². The van der Waals surface area contributed by atoms with Crippen LogP contribution < -0.4 is 0 Å². The Labute approximate surface area is 339 Å². The van der Waals surface area contributed by atoms with E-state index >= 15 is 0 Å². The number of pyridine rings is 1. The van der Waals surface area contributed by atoms with Crippen LogP contribution in [-0.2, 0) is 0 Å². The topological polar surface area (TPSA) is 116 Å². The molecule has 0 aliphatic rings. The molecule has 0 aliphatic carbocycles. The zero-order valence-electron chi connectivity index (χ0n) is 38.6. The van der Waals surface area contributed by atoms with E-state index in [9.17, 15) is 0 Å². The molecule has 0 saturated heterocycles. The Kier molecular flexibility index (Phi) is 49.6. The third-order valence-electron chi connectivity index (χ3n) is 5.92. The van der Waals surface area contributed by atoms with Crippen molar-refractivity contribution in [2.24, 2.45) is 0 Å². The highest BCUT2D eigenvalue weighted by Gasteiger charge is 1.99. The van der Waals surface area contributed by atoms with Gasteiger partial charge >= 0.3 is 0 Å². The maximum absolute atomic E-state index is 4.18. The molecule has 5 aromatic rings. The van der Waals surface area contributed by atoms with Crippen LogP contribution in [0.1, 0.15) is 197 Å². The molecule has 0 bridgehead atoms. The molecule has 9 nitrogen and oxygen atoms in total. The van der Waals surface area contributed by atoms with Crippen molar-refractivity contribution in [1.29, 1.82) is 0 Å². The van der Waals surface area contributed by atoms with Crippen LogP contribution in [0.25, 0.3) is 0 Å². The lowest BCUT2D eigenvalue weighted by molar-refractivity contribution is 0.774. The second-order valence-corrected chi connectivity index (χ2v) is 11.5. The van der Waals surface area contributed by atoms with E-state index in [0.29, 0.717) is 29.6 Å². The first-order chi connectivity index (χ1) is 26.5. The fourth-order valence-corrected chi connectivity index (χ4v) is 3.17. The predicted octanol–water partition coefficient (Wildman–Crippen LogP) is 13.7. The summed E-state index contributed by atoms with van der Waals surface area (Å²) in [6.07, 6.45) is 17.4. The Balaban J connectivity index is -0.000000179. The summed E-state index contributed by atoms with van der Waals surface area (Å²) in [7, 11) is 0. The number of hydrogen-bond donors (Lipinski definition) is 0. The smallest absolute Gasteiger partial charge is 0.130 e. The minimum Gasteiger partial charge on any atom is -0.261 e. The van der Waals surface area contributed by atoms with Crippen molar-refractivity contribution in [1.82, 2.24) is 45.1 Å². The van der Waals surface area contributed by atoms with Crippen LogP contribution in [0.2, 0.25) is 0 Å². The van der Waals surface area contributed by atoms with Gasteiger partial charge in [0.1, 0.15) is 5.82 Å². The molecule has 0 aromatic carbocycles. The highest BCUT2D eigenvalue weighted by Crippen LogP contribution is 2.10. The molecule has 0 unspecified atom stereocenters. The lowest BCUT2D eigenvalue weighted by atomic mass is 10.1. The highest BCUT2D eigenvalue weighted by atomic mass is 15.1. The average Bonchev–Trinajstić information content (AvgIpc) is 3.27. The van der Waals surface area contributed by atoms with Gasteiger partial charge in [0, 0.05) is 73.6 Å². The van der Waals surface area contributed by atoms with Gasteiger partial charge in [0.15, 0.2) is 0 Å². The van der Waals surface area contributed by atoms with E-state index in [1.807, 2.05) is 112 Å². The molecule has 0 atom stereocenters. The van der Waals surface area contributed by atoms with Crippen LogP contribution in [0.3, 0.4) is 0 Å². The third kappa shape index (κ3) is 36.2. The van der Waals surface area contributed by atoms with E-state index in [0.717, 1.165) is 28.6 Å². The minimum absolute atomic E-state index is 0.436. The monoisotopic (exact) mass is 760 g/mol. The number of nitrogens with zero attached hydrogens (tertiary/aromatic N) is 9. The van der Waals surface area contributed by atoms with E-state index in [1.54, 1.807) is 55.8 Å². The summed E-state index contributed by atoms with van der Waals surface area (Å²) in [5.74, 6) is 3.35. The minimum atomic E-state index is 0.436. The standard InChI is InChI=1S/C8H11N.4C7H10N2.5C2H6/c1-7(2)8-5-3-4-6-9-8;2*1-6(2)7-5-8-3-4-9-7;1-6(2)7-8-4-3-5-9-7;1-6(2)7-4-3-5-8-9-7;5*1-2/h3-7H,1-2H3;4*3-6H,1-2H3;5*1-2H3. The second-order valence-electron chi connectivity index (χ2n) is 11.5. The van der Waals surface area contributed by atoms with Crippen molar-refractivity contribution in [3.05, 3.63) is 127 Å². The molecule has 5 heterocycles. The van der Waals surface area contributed by atoms with E-state index in [2.05, 4.69) is 114 Å². The summed E-state index contributed by atoms with van der Waals surface area (Å²) in [6, 6.07) is 11.7. The van der Waals surface area contributed by atoms with Crippen molar-refractivity contribution < 1.29 is 0 Å². The molecule has 0 radical (unpaired) electrons. The molecular formula is C46H81N9. The molecule has 0 fully saturated rings. The van der Waals surface area contributed by atoms with Gasteiger partial charge in [-0.1, -0.05) is 145 Å². The highest BCUT2D eigenvalue weighted by molar-refractivity contribution is 5.07. The Bertz CT molecular complexity index is 1100. The molecule has 0 saturated carbocycles. The SMILES string of the molecule is CC.CC.CC.CC.CC.CC(C)c1ccccn1.CC(C)c1cccnn1.CC(C)c1cnccn1.CC(C)c1cnccn1.CC(C)c1ncccn1. The van der Waals surface area contributed by atoms with Crippen LogP contribution in [0.15, 0.2) is 98.4 Å². The lowest BCUT2D eigenvalue weighted by Gasteiger charge is -2.00. The van der Waals surface area contributed by atoms with Gasteiger partial charge in [-0.3, -0.25) is 24.9 Å². The van der Waals surface area contributed by atoms with E-state index in [1.165, 1.54) is 0 Å². The van der Waals surface area contributed by atoms with Gasteiger partial charge in [0.05, 0.1) is 17.1 Å². The number of rotatable bonds is 5. The van der Waals surface area contributed by atoms with Crippen LogP contribution in [0, 0.1) is 0 Å². The third-order valence-corrected chi connectivity index (χ3v) is 5.92.